The first kappa shape index (κ1) is 15.1. The maximum absolute atomic E-state index is 11.8. The van der Waals surface area contributed by atoms with E-state index in [2.05, 4.69) is 32.3 Å². The Kier molecular flexibility index (Phi) is 5.61. The molecule has 0 aliphatic heterocycles. The molecule has 1 N–H and O–H groups in total. The fourth-order valence-corrected chi connectivity index (χ4v) is 2.99. The van der Waals surface area contributed by atoms with Crippen LogP contribution in [0.25, 0.3) is 0 Å². The van der Waals surface area contributed by atoms with Gasteiger partial charge >= 0.3 is 0 Å². The number of hydrogen-bond acceptors (Lipinski definition) is 3. The Labute approximate surface area is 131 Å². The normalized spacial score (nSPS) is 10.3. The first-order chi connectivity index (χ1) is 9.65. The van der Waals surface area contributed by atoms with Gasteiger partial charge in [-0.15, -0.1) is 11.8 Å². The van der Waals surface area contributed by atoms with Gasteiger partial charge in [-0.05, 0) is 42.3 Å². The Bertz CT molecular complexity index is 590. The molecule has 104 valence electrons. The van der Waals surface area contributed by atoms with E-state index in [1.807, 2.05) is 31.2 Å². The molecule has 0 aliphatic carbocycles. The summed E-state index contributed by atoms with van der Waals surface area (Å²) in [4.78, 5) is 17.0. The van der Waals surface area contributed by atoms with Gasteiger partial charge in [0.25, 0.3) is 0 Å². The third kappa shape index (κ3) is 4.65. The summed E-state index contributed by atoms with van der Waals surface area (Å²) < 4.78 is 1.06. The molecule has 0 atom stereocenters. The summed E-state index contributed by atoms with van der Waals surface area (Å²) in [5.41, 5.74) is 2.18. The summed E-state index contributed by atoms with van der Waals surface area (Å²) in [5, 5.41) is 2.89. The van der Waals surface area contributed by atoms with Gasteiger partial charge in [-0.2, -0.15) is 0 Å². The van der Waals surface area contributed by atoms with Crippen molar-refractivity contribution in [2.45, 2.75) is 18.4 Å². The smallest absolute Gasteiger partial charge is 0.230 e. The van der Waals surface area contributed by atoms with Crippen molar-refractivity contribution in [1.82, 2.24) is 10.3 Å². The molecule has 0 aliphatic rings. The number of amides is 1. The predicted octanol–water partition coefficient (Wildman–Crippen LogP) is 3.56. The van der Waals surface area contributed by atoms with Gasteiger partial charge < -0.3 is 5.32 Å². The first-order valence-corrected chi connectivity index (χ1v) is 7.97. The number of rotatable bonds is 5. The van der Waals surface area contributed by atoms with E-state index in [0.29, 0.717) is 12.3 Å². The van der Waals surface area contributed by atoms with Crippen LogP contribution in [0.15, 0.2) is 52.1 Å². The van der Waals surface area contributed by atoms with Gasteiger partial charge in [0.05, 0.1) is 5.75 Å². The van der Waals surface area contributed by atoms with E-state index < -0.39 is 0 Å². The highest BCUT2D eigenvalue weighted by atomic mass is 79.9. The average molecular weight is 351 g/mol. The number of pyridine rings is 1. The van der Waals surface area contributed by atoms with Crippen LogP contribution in [0.4, 0.5) is 0 Å². The Morgan fingerprint density at radius 2 is 2.25 bits per heavy atom. The van der Waals surface area contributed by atoms with Gasteiger partial charge in [-0.25, -0.2) is 0 Å². The molecular weight excluding hydrogens is 336 g/mol. The van der Waals surface area contributed by atoms with Crippen LogP contribution in [0.1, 0.15) is 11.1 Å². The van der Waals surface area contributed by atoms with Gasteiger partial charge in [0.15, 0.2) is 0 Å². The van der Waals surface area contributed by atoms with Crippen molar-refractivity contribution in [3.05, 3.63) is 58.3 Å². The molecule has 3 nitrogen and oxygen atoms in total. The summed E-state index contributed by atoms with van der Waals surface area (Å²) in [6.45, 7) is 2.56. The van der Waals surface area contributed by atoms with Crippen LogP contribution in [0, 0.1) is 6.92 Å². The third-order valence-electron chi connectivity index (χ3n) is 2.71. The number of hydrogen-bond donors (Lipinski definition) is 1. The van der Waals surface area contributed by atoms with Gasteiger partial charge in [0, 0.05) is 28.3 Å². The van der Waals surface area contributed by atoms with Crippen molar-refractivity contribution in [1.29, 1.82) is 0 Å². The molecule has 0 fully saturated rings. The number of carbonyl (C=O) groups is 1. The first-order valence-electron chi connectivity index (χ1n) is 6.20. The molecule has 0 unspecified atom stereocenters. The quantitative estimate of drug-likeness (QED) is 0.838. The topological polar surface area (TPSA) is 42.0 Å². The molecule has 1 aromatic heterocycles. The molecule has 2 aromatic rings. The Hall–Kier alpha value is -1.33. The van der Waals surface area contributed by atoms with Crippen LogP contribution in [0.5, 0.6) is 0 Å². The SMILES string of the molecule is Cc1cc(Br)ccc1SCC(=O)NCc1cccnc1. The minimum atomic E-state index is 0.0289. The van der Waals surface area contributed by atoms with Crippen LogP contribution in [-0.2, 0) is 11.3 Å². The Morgan fingerprint density at radius 1 is 1.40 bits per heavy atom. The van der Waals surface area contributed by atoms with Crippen LogP contribution in [-0.4, -0.2) is 16.6 Å². The average Bonchev–Trinajstić information content (AvgIpc) is 2.45. The number of thioether (sulfide) groups is 1. The summed E-state index contributed by atoms with van der Waals surface area (Å²) in [5.74, 6) is 0.448. The van der Waals surface area contributed by atoms with E-state index in [1.165, 1.54) is 5.56 Å². The zero-order valence-electron chi connectivity index (χ0n) is 11.1. The maximum Gasteiger partial charge on any atom is 0.230 e. The van der Waals surface area contributed by atoms with Crippen molar-refractivity contribution in [2.24, 2.45) is 0 Å². The van der Waals surface area contributed by atoms with E-state index in [4.69, 9.17) is 0 Å². The van der Waals surface area contributed by atoms with Gasteiger partial charge in [-0.1, -0.05) is 22.0 Å². The van der Waals surface area contributed by atoms with E-state index in [1.54, 1.807) is 24.2 Å². The number of halogens is 1. The summed E-state index contributed by atoms with van der Waals surface area (Å²) in [6, 6.07) is 9.87. The Balaban J connectivity index is 1.80. The maximum atomic E-state index is 11.8. The molecule has 0 spiro atoms. The van der Waals surface area contributed by atoms with Crippen molar-refractivity contribution >= 4 is 33.6 Å². The second-order valence-corrected chi connectivity index (χ2v) is 6.27. The van der Waals surface area contributed by atoms with Crippen LogP contribution in [0.3, 0.4) is 0 Å². The minimum Gasteiger partial charge on any atom is -0.351 e. The van der Waals surface area contributed by atoms with Crippen molar-refractivity contribution < 1.29 is 4.79 Å². The fraction of sp³-hybridized carbons (Fsp3) is 0.200. The summed E-state index contributed by atoms with van der Waals surface area (Å²) in [6.07, 6.45) is 3.48. The van der Waals surface area contributed by atoms with E-state index in [-0.39, 0.29) is 5.91 Å². The monoisotopic (exact) mass is 350 g/mol. The standard InChI is InChI=1S/C15H15BrN2OS/c1-11-7-13(16)4-5-14(11)20-10-15(19)18-9-12-3-2-6-17-8-12/h2-8H,9-10H2,1H3,(H,18,19). The molecule has 5 heteroatoms. The molecule has 2 rings (SSSR count). The summed E-state index contributed by atoms with van der Waals surface area (Å²) >= 11 is 4.98. The molecule has 0 saturated carbocycles. The van der Waals surface area contributed by atoms with Crippen LogP contribution >= 0.6 is 27.7 Å². The van der Waals surface area contributed by atoms with Gasteiger partial charge in [-0.3, -0.25) is 9.78 Å². The van der Waals surface area contributed by atoms with Crippen molar-refractivity contribution in [3.8, 4) is 0 Å². The van der Waals surface area contributed by atoms with Crippen molar-refractivity contribution in [2.75, 3.05) is 5.75 Å². The molecular formula is C15H15BrN2OS. The number of carbonyl (C=O) groups excluding carboxylic acids is 1. The highest BCUT2D eigenvalue weighted by Gasteiger charge is 2.05. The zero-order chi connectivity index (χ0) is 14.4. The minimum absolute atomic E-state index is 0.0289. The molecule has 20 heavy (non-hydrogen) atoms. The molecule has 0 saturated heterocycles. The number of nitrogens with zero attached hydrogens (tertiary/aromatic N) is 1. The molecule has 0 bridgehead atoms. The second-order valence-electron chi connectivity index (χ2n) is 4.34. The van der Waals surface area contributed by atoms with Gasteiger partial charge in [0.1, 0.15) is 0 Å². The zero-order valence-corrected chi connectivity index (χ0v) is 13.5. The van der Waals surface area contributed by atoms with E-state index in [0.717, 1.165) is 14.9 Å². The second kappa shape index (κ2) is 7.45. The largest absolute Gasteiger partial charge is 0.351 e. The van der Waals surface area contributed by atoms with Crippen LogP contribution < -0.4 is 5.32 Å². The number of benzene rings is 1. The van der Waals surface area contributed by atoms with E-state index >= 15 is 0 Å². The Morgan fingerprint density at radius 3 is 2.95 bits per heavy atom. The predicted molar refractivity (Wildman–Crippen MR) is 85.7 cm³/mol. The molecule has 0 radical (unpaired) electrons. The lowest BCUT2D eigenvalue weighted by molar-refractivity contribution is -0.118. The fourth-order valence-electron chi connectivity index (χ4n) is 1.67. The third-order valence-corrected chi connectivity index (χ3v) is 4.38. The molecule has 1 heterocycles. The van der Waals surface area contributed by atoms with E-state index in [9.17, 15) is 4.79 Å². The molecule has 1 amide bonds. The van der Waals surface area contributed by atoms with Crippen molar-refractivity contribution in [3.63, 3.8) is 0 Å². The number of nitrogens with one attached hydrogen (secondary N) is 1. The molecule has 1 aromatic carbocycles. The van der Waals surface area contributed by atoms with Crippen LogP contribution in [0.2, 0.25) is 0 Å². The lowest BCUT2D eigenvalue weighted by Gasteiger charge is -2.07. The summed E-state index contributed by atoms with van der Waals surface area (Å²) in [7, 11) is 0. The highest BCUT2D eigenvalue weighted by Crippen LogP contribution is 2.25. The van der Waals surface area contributed by atoms with Gasteiger partial charge in [0.2, 0.25) is 5.91 Å². The number of aryl methyl sites for hydroxylation is 1. The highest BCUT2D eigenvalue weighted by molar-refractivity contribution is 9.10. The lowest BCUT2D eigenvalue weighted by Crippen LogP contribution is -2.24. The number of aromatic nitrogens is 1. The lowest BCUT2D eigenvalue weighted by atomic mass is 10.2.